The van der Waals surface area contributed by atoms with Crippen molar-refractivity contribution in [1.29, 1.82) is 0 Å². The van der Waals surface area contributed by atoms with Crippen LogP contribution in [0.3, 0.4) is 0 Å². The molecular formula is C25H45N3O4. The van der Waals surface area contributed by atoms with Gasteiger partial charge in [0.2, 0.25) is 11.8 Å². The number of carbonyl (C=O) groups is 3. The fourth-order valence-electron chi connectivity index (χ4n) is 4.26. The molecule has 1 heterocycles. The van der Waals surface area contributed by atoms with Crippen LogP contribution in [0.4, 0.5) is 0 Å². The Morgan fingerprint density at radius 2 is 1.81 bits per heavy atom. The maximum atomic E-state index is 13.6. The molecule has 4 atom stereocenters. The van der Waals surface area contributed by atoms with E-state index in [-0.39, 0.29) is 35.8 Å². The van der Waals surface area contributed by atoms with Crippen LogP contribution < -0.4 is 5.32 Å². The van der Waals surface area contributed by atoms with Crippen LogP contribution in [0.25, 0.3) is 0 Å². The molecule has 7 nitrogen and oxygen atoms in total. The first-order valence-corrected chi connectivity index (χ1v) is 11.8. The van der Waals surface area contributed by atoms with Gasteiger partial charge in [-0.1, -0.05) is 47.6 Å². The molecule has 0 aromatic carbocycles. The van der Waals surface area contributed by atoms with Crippen molar-refractivity contribution in [1.82, 2.24) is 15.1 Å². The summed E-state index contributed by atoms with van der Waals surface area (Å²) in [6, 6.07) is -1.20. The SMILES string of the molecule is CCOC(=O)/C(C)=C/[C@H](C(C)C)N(C)C(=O)C(NC(=O)C1CC[C@@H](C)CN1C)C(C)(C)C. The lowest BCUT2D eigenvalue weighted by Gasteiger charge is -2.40. The average Bonchev–Trinajstić information content (AvgIpc) is 2.67. The van der Waals surface area contributed by atoms with Crippen molar-refractivity contribution in [2.45, 2.75) is 86.4 Å². The molecule has 0 aromatic heterocycles. The number of piperidine rings is 1. The van der Waals surface area contributed by atoms with Gasteiger partial charge in [0.25, 0.3) is 0 Å². The molecule has 2 unspecified atom stereocenters. The molecule has 1 saturated heterocycles. The minimum Gasteiger partial charge on any atom is -0.463 e. The summed E-state index contributed by atoms with van der Waals surface area (Å²) in [7, 11) is 3.71. The lowest BCUT2D eigenvalue weighted by molar-refractivity contribution is -0.142. The number of likely N-dealkylation sites (tertiary alicyclic amines) is 1. The Balaban J connectivity index is 3.10. The van der Waals surface area contributed by atoms with Gasteiger partial charge in [-0.15, -0.1) is 0 Å². The first kappa shape index (κ1) is 28.1. The van der Waals surface area contributed by atoms with Gasteiger partial charge in [-0.25, -0.2) is 4.79 Å². The molecular weight excluding hydrogens is 406 g/mol. The summed E-state index contributed by atoms with van der Waals surface area (Å²) in [6.45, 7) is 16.7. The summed E-state index contributed by atoms with van der Waals surface area (Å²) < 4.78 is 5.09. The van der Waals surface area contributed by atoms with Crippen LogP contribution in [0, 0.1) is 17.3 Å². The molecule has 1 N–H and O–H groups in total. The van der Waals surface area contributed by atoms with Gasteiger partial charge in [0, 0.05) is 19.2 Å². The van der Waals surface area contributed by atoms with Crippen molar-refractivity contribution >= 4 is 17.8 Å². The number of esters is 1. The first-order valence-electron chi connectivity index (χ1n) is 11.8. The highest BCUT2D eigenvalue weighted by molar-refractivity contribution is 5.91. The molecule has 0 aliphatic carbocycles. The average molecular weight is 452 g/mol. The molecule has 0 aromatic rings. The molecule has 1 fully saturated rings. The standard InChI is InChI=1S/C25H45N3O4/c1-11-32-24(31)18(5)14-20(16(2)3)28(10)23(30)21(25(6,7)8)26-22(29)19-13-12-17(4)15-27(19)9/h14,16-17,19-21H,11-13,15H2,1-10H3,(H,26,29)/b18-14+/t17-,19?,20-,21?/m1/s1. The molecule has 0 spiro atoms. The summed E-state index contributed by atoms with van der Waals surface area (Å²) in [5.74, 6) is 0.00556. The lowest BCUT2D eigenvalue weighted by atomic mass is 9.84. The second-order valence-electron chi connectivity index (χ2n) is 10.7. The van der Waals surface area contributed by atoms with Gasteiger partial charge in [-0.2, -0.15) is 0 Å². The number of hydrogen-bond acceptors (Lipinski definition) is 5. The van der Waals surface area contributed by atoms with Crippen LogP contribution in [0.2, 0.25) is 0 Å². The van der Waals surface area contributed by atoms with Crippen LogP contribution in [0.1, 0.15) is 68.2 Å². The van der Waals surface area contributed by atoms with Crippen molar-refractivity contribution in [2.75, 3.05) is 27.2 Å². The van der Waals surface area contributed by atoms with E-state index in [9.17, 15) is 14.4 Å². The second-order valence-corrected chi connectivity index (χ2v) is 10.7. The van der Waals surface area contributed by atoms with Crippen LogP contribution in [-0.4, -0.2) is 73.0 Å². The number of nitrogens with one attached hydrogen (secondary N) is 1. The predicted octanol–water partition coefficient (Wildman–Crippen LogP) is 3.24. The second kappa shape index (κ2) is 11.8. The highest BCUT2D eigenvalue weighted by atomic mass is 16.5. The number of nitrogens with zero attached hydrogens (tertiary/aromatic N) is 2. The Bertz CT molecular complexity index is 696. The van der Waals surface area contributed by atoms with Gasteiger partial charge >= 0.3 is 5.97 Å². The summed E-state index contributed by atoms with van der Waals surface area (Å²) in [5, 5.41) is 3.06. The van der Waals surface area contributed by atoms with E-state index in [1.54, 1.807) is 31.9 Å². The fraction of sp³-hybridized carbons (Fsp3) is 0.800. The third-order valence-corrected chi connectivity index (χ3v) is 6.26. The van der Waals surface area contributed by atoms with E-state index >= 15 is 0 Å². The molecule has 1 aliphatic rings. The maximum absolute atomic E-state index is 13.6. The Morgan fingerprint density at radius 1 is 1.22 bits per heavy atom. The first-order chi connectivity index (χ1) is 14.7. The highest BCUT2D eigenvalue weighted by Gasteiger charge is 2.39. The number of hydrogen-bond donors (Lipinski definition) is 1. The fourth-order valence-corrected chi connectivity index (χ4v) is 4.26. The van der Waals surface area contributed by atoms with Crippen molar-refractivity contribution < 1.29 is 19.1 Å². The molecule has 7 heteroatoms. The van der Waals surface area contributed by atoms with Gasteiger partial charge in [0.05, 0.1) is 18.7 Å². The number of ether oxygens (including phenoxy) is 1. The van der Waals surface area contributed by atoms with Crippen molar-refractivity contribution in [2.24, 2.45) is 17.3 Å². The van der Waals surface area contributed by atoms with Gasteiger partial charge in [-0.05, 0) is 51.0 Å². The minimum atomic E-state index is -0.676. The van der Waals surface area contributed by atoms with Crippen molar-refractivity contribution in [3.63, 3.8) is 0 Å². The third-order valence-electron chi connectivity index (χ3n) is 6.26. The van der Waals surface area contributed by atoms with E-state index < -0.39 is 11.5 Å². The topological polar surface area (TPSA) is 79.0 Å². The zero-order valence-corrected chi connectivity index (χ0v) is 21.8. The summed E-state index contributed by atoms with van der Waals surface area (Å²) in [4.78, 5) is 42.6. The Kier molecular flexibility index (Phi) is 10.4. The largest absolute Gasteiger partial charge is 0.463 e. The maximum Gasteiger partial charge on any atom is 0.333 e. The van der Waals surface area contributed by atoms with Gasteiger partial charge in [-0.3, -0.25) is 14.5 Å². The van der Waals surface area contributed by atoms with Gasteiger partial charge < -0.3 is 15.0 Å². The van der Waals surface area contributed by atoms with E-state index in [1.165, 1.54) is 0 Å². The highest BCUT2D eigenvalue weighted by Crippen LogP contribution is 2.25. The summed E-state index contributed by atoms with van der Waals surface area (Å²) in [6.07, 6.45) is 3.59. The molecule has 0 saturated carbocycles. The van der Waals surface area contributed by atoms with Crippen molar-refractivity contribution in [3.05, 3.63) is 11.6 Å². The molecule has 0 bridgehead atoms. The number of likely N-dealkylation sites (N-methyl/N-ethyl adjacent to an activating group) is 2. The van der Waals surface area contributed by atoms with Crippen LogP contribution >= 0.6 is 0 Å². The Labute approximate surface area is 194 Å². The van der Waals surface area contributed by atoms with E-state index in [1.807, 2.05) is 41.7 Å². The Morgan fingerprint density at radius 3 is 2.28 bits per heavy atom. The minimum absolute atomic E-state index is 0.0793. The molecule has 1 rings (SSSR count). The quantitative estimate of drug-likeness (QED) is 0.453. The normalized spacial score (nSPS) is 22.3. The van der Waals surface area contributed by atoms with Gasteiger partial charge in [0.1, 0.15) is 6.04 Å². The van der Waals surface area contributed by atoms with Crippen LogP contribution in [0.5, 0.6) is 0 Å². The summed E-state index contributed by atoms with van der Waals surface area (Å²) in [5.41, 5.74) is 0.00247. The monoisotopic (exact) mass is 451 g/mol. The van der Waals surface area contributed by atoms with Crippen LogP contribution in [-0.2, 0) is 19.1 Å². The van der Waals surface area contributed by atoms with Gasteiger partial charge in [0.15, 0.2) is 0 Å². The van der Waals surface area contributed by atoms with Crippen molar-refractivity contribution in [3.8, 4) is 0 Å². The molecule has 2 amide bonds. The molecule has 32 heavy (non-hydrogen) atoms. The van der Waals surface area contributed by atoms with E-state index in [0.717, 1.165) is 19.4 Å². The number of amides is 2. The molecule has 1 aliphatic heterocycles. The lowest BCUT2D eigenvalue weighted by Crippen LogP contribution is -2.60. The van der Waals surface area contributed by atoms with E-state index in [0.29, 0.717) is 18.1 Å². The zero-order valence-electron chi connectivity index (χ0n) is 21.8. The molecule has 0 radical (unpaired) electrons. The third kappa shape index (κ3) is 7.61. The zero-order chi connectivity index (χ0) is 24.8. The number of carbonyl (C=O) groups excluding carboxylic acids is 3. The summed E-state index contributed by atoms with van der Waals surface area (Å²) >= 11 is 0. The van der Waals surface area contributed by atoms with E-state index in [2.05, 4.69) is 17.1 Å². The molecule has 184 valence electrons. The number of rotatable bonds is 8. The Hall–Kier alpha value is -1.89. The smallest absolute Gasteiger partial charge is 0.333 e. The van der Waals surface area contributed by atoms with Crippen LogP contribution in [0.15, 0.2) is 11.6 Å². The predicted molar refractivity (Wildman–Crippen MR) is 128 cm³/mol. The van der Waals surface area contributed by atoms with E-state index in [4.69, 9.17) is 4.74 Å².